The molecule has 2 aromatic rings. The molecule has 0 radical (unpaired) electrons. The number of aromatic nitrogens is 2. The van der Waals surface area contributed by atoms with E-state index in [1.807, 2.05) is 25.1 Å². The predicted octanol–water partition coefficient (Wildman–Crippen LogP) is 3.22. The molecule has 0 bridgehead atoms. The van der Waals surface area contributed by atoms with E-state index < -0.39 is 0 Å². The summed E-state index contributed by atoms with van der Waals surface area (Å²) in [5.41, 5.74) is 9.14. The third-order valence-electron chi connectivity index (χ3n) is 3.19. The van der Waals surface area contributed by atoms with Gasteiger partial charge in [-0.15, -0.1) is 0 Å². The summed E-state index contributed by atoms with van der Waals surface area (Å²) >= 11 is 3.57. The van der Waals surface area contributed by atoms with Crippen molar-refractivity contribution in [1.82, 2.24) is 15.3 Å². The van der Waals surface area contributed by atoms with E-state index in [1.165, 1.54) is 0 Å². The van der Waals surface area contributed by atoms with Crippen LogP contribution in [-0.4, -0.2) is 16.5 Å². The molecule has 0 aliphatic carbocycles. The maximum atomic E-state index is 6.09. The first kappa shape index (κ1) is 14.9. The maximum Gasteiger partial charge on any atom is 0.128 e. The lowest BCUT2D eigenvalue weighted by Crippen LogP contribution is -2.26. The Morgan fingerprint density at radius 2 is 2.10 bits per heavy atom. The Morgan fingerprint density at radius 3 is 2.75 bits per heavy atom. The van der Waals surface area contributed by atoms with Gasteiger partial charge in [0.15, 0.2) is 0 Å². The van der Waals surface area contributed by atoms with E-state index in [0.717, 1.165) is 34.3 Å². The highest BCUT2D eigenvalue weighted by Crippen LogP contribution is 2.31. The molecule has 2 heterocycles. The molecule has 5 heteroatoms. The summed E-state index contributed by atoms with van der Waals surface area (Å²) in [7, 11) is 0. The number of hydrogen-bond acceptors (Lipinski definition) is 4. The number of hydrogen-bond donors (Lipinski definition) is 2. The minimum atomic E-state index is -0.0563. The highest BCUT2D eigenvalue weighted by molar-refractivity contribution is 9.10. The Labute approximate surface area is 128 Å². The van der Waals surface area contributed by atoms with Crippen molar-refractivity contribution in [2.24, 2.45) is 0 Å². The van der Waals surface area contributed by atoms with Crippen molar-refractivity contribution in [3.63, 3.8) is 0 Å². The summed E-state index contributed by atoms with van der Waals surface area (Å²) in [5.74, 6) is 0.552. The zero-order valence-corrected chi connectivity index (χ0v) is 13.3. The second-order valence-corrected chi connectivity index (χ2v) is 5.54. The maximum absolute atomic E-state index is 6.09. The van der Waals surface area contributed by atoms with Crippen molar-refractivity contribution in [1.29, 1.82) is 0 Å². The van der Waals surface area contributed by atoms with Crippen molar-refractivity contribution in [2.75, 3.05) is 12.3 Å². The average Bonchev–Trinajstić information content (AvgIpc) is 2.43. The molecule has 4 nitrogen and oxygen atoms in total. The van der Waals surface area contributed by atoms with Crippen LogP contribution in [0.2, 0.25) is 0 Å². The second-order valence-electron chi connectivity index (χ2n) is 4.68. The molecule has 1 unspecified atom stereocenters. The predicted molar refractivity (Wildman–Crippen MR) is 85.5 cm³/mol. The van der Waals surface area contributed by atoms with Gasteiger partial charge in [-0.05, 0) is 59.6 Å². The van der Waals surface area contributed by atoms with Gasteiger partial charge < -0.3 is 11.1 Å². The quantitative estimate of drug-likeness (QED) is 0.881. The van der Waals surface area contributed by atoms with Gasteiger partial charge in [0.05, 0.1) is 11.7 Å². The average molecular weight is 335 g/mol. The van der Waals surface area contributed by atoms with Crippen molar-refractivity contribution in [3.05, 3.63) is 51.9 Å². The number of nitrogens with two attached hydrogens (primary N) is 1. The molecule has 0 saturated heterocycles. The topological polar surface area (TPSA) is 63.8 Å². The summed E-state index contributed by atoms with van der Waals surface area (Å²) in [6.45, 7) is 5.07. The Kier molecular flexibility index (Phi) is 5.09. The van der Waals surface area contributed by atoms with Crippen LogP contribution in [0.4, 0.5) is 5.82 Å². The molecule has 0 aliphatic heterocycles. The molecule has 1 atom stereocenters. The zero-order valence-electron chi connectivity index (χ0n) is 11.7. The van der Waals surface area contributed by atoms with E-state index in [9.17, 15) is 0 Å². The number of halogens is 1. The molecule has 20 heavy (non-hydrogen) atoms. The van der Waals surface area contributed by atoms with E-state index in [1.54, 1.807) is 12.4 Å². The van der Waals surface area contributed by atoms with Gasteiger partial charge in [0.25, 0.3) is 0 Å². The van der Waals surface area contributed by atoms with Gasteiger partial charge in [-0.1, -0.05) is 6.92 Å². The van der Waals surface area contributed by atoms with Crippen LogP contribution in [0.15, 0.2) is 35.1 Å². The first-order valence-corrected chi connectivity index (χ1v) is 7.49. The lowest BCUT2D eigenvalue weighted by Gasteiger charge is -2.22. The first-order valence-electron chi connectivity index (χ1n) is 6.70. The smallest absolute Gasteiger partial charge is 0.128 e. The lowest BCUT2D eigenvalue weighted by atomic mass is 9.99. The summed E-state index contributed by atoms with van der Waals surface area (Å²) in [6, 6.07) is 5.82. The fraction of sp³-hybridized carbons (Fsp3) is 0.333. The molecule has 0 spiro atoms. The highest BCUT2D eigenvalue weighted by atomic mass is 79.9. The molecule has 0 fully saturated rings. The Hall–Kier alpha value is -1.46. The molecule has 0 aliphatic rings. The SMILES string of the molecule is CCCNC(c1ncccc1Br)c1c(C)ccnc1N. The van der Waals surface area contributed by atoms with Gasteiger partial charge in [-0.25, -0.2) is 4.98 Å². The highest BCUT2D eigenvalue weighted by Gasteiger charge is 2.22. The Balaban J connectivity index is 2.50. The number of nitrogens with zero attached hydrogens (tertiary/aromatic N) is 2. The van der Waals surface area contributed by atoms with E-state index in [0.29, 0.717) is 5.82 Å². The minimum absolute atomic E-state index is 0.0563. The Bertz CT molecular complexity index is 566. The third-order valence-corrected chi connectivity index (χ3v) is 3.86. The number of nitrogens with one attached hydrogen (secondary N) is 1. The van der Waals surface area contributed by atoms with Crippen molar-refractivity contribution < 1.29 is 0 Å². The number of pyridine rings is 2. The van der Waals surface area contributed by atoms with Crippen LogP contribution in [0.1, 0.15) is 36.2 Å². The van der Waals surface area contributed by atoms with Crippen molar-refractivity contribution in [3.8, 4) is 0 Å². The normalized spacial score (nSPS) is 12.3. The molecule has 3 N–H and O–H groups in total. The van der Waals surface area contributed by atoms with Crippen molar-refractivity contribution >= 4 is 21.7 Å². The second kappa shape index (κ2) is 6.81. The van der Waals surface area contributed by atoms with Gasteiger partial charge in [0, 0.05) is 22.4 Å². The number of aryl methyl sites for hydroxylation is 1. The van der Waals surface area contributed by atoms with Crippen LogP contribution < -0.4 is 11.1 Å². The summed E-state index contributed by atoms with van der Waals surface area (Å²) in [6.07, 6.45) is 4.57. The van der Waals surface area contributed by atoms with E-state index in [-0.39, 0.29) is 6.04 Å². The van der Waals surface area contributed by atoms with E-state index in [2.05, 4.69) is 38.1 Å². The number of rotatable bonds is 5. The molecule has 2 rings (SSSR count). The van der Waals surface area contributed by atoms with Crippen molar-refractivity contribution in [2.45, 2.75) is 26.3 Å². The summed E-state index contributed by atoms with van der Waals surface area (Å²) in [5, 5.41) is 3.51. The number of nitrogen functional groups attached to an aromatic ring is 1. The van der Waals surface area contributed by atoms with Crippen LogP contribution in [0.3, 0.4) is 0 Å². The minimum Gasteiger partial charge on any atom is -0.383 e. The van der Waals surface area contributed by atoms with Crippen LogP contribution in [0.25, 0.3) is 0 Å². The van der Waals surface area contributed by atoms with E-state index >= 15 is 0 Å². The zero-order chi connectivity index (χ0) is 14.5. The van der Waals surface area contributed by atoms with Gasteiger partial charge >= 0.3 is 0 Å². The Morgan fingerprint density at radius 1 is 1.30 bits per heavy atom. The fourth-order valence-electron chi connectivity index (χ4n) is 2.20. The molecule has 2 aromatic heterocycles. The standard InChI is InChI=1S/C15H19BrN4/c1-3-7-18-14(13-11(16)5-4-8-19-13)12-10(2)6-9-20-15(12)17/h4-6,8-9,14,18H,3,7H2,1-2H3,(H2,17,20). The molecule has 0 saturated carbocycles. The van der Waals surface area contributed by atoms with Crippen LogP contribution in [-0.2, 0) is 0 Å². The summed E-state index contributed by atoms with van der Waals surface area (Å²) in [4.78, 5) is 8.72. The lowest BCUT2D eigenvalue weighted by molar-refractivity contribution is 0.582. The first-order chi connectivity index (χ1) is 9.65. The molecule has 106 valence electrons. The van der Waals surface area contributed by atoms with Gasteiger partial charge in [-0.3, -0.25) is 4.98 Å². The molecular formula is C15H19BrN4. The van der Waals surface area contributed by atoms with Crippen LogP contribution >= 0.6 is 15.9 Å². The van der Waals surface area contributed by atoms with E-state index in [4.69, 9.17) is 5.73 Å². The largest absolute Gasteiger partial charge is 0.383 e. The van der Waals surface area contributed by atoms with Crippen LogP contribution in [0, 0.1) is 6.92 Å². The molecule has 0 aromatic carbocycles. The summed E-state index contributed by atoms with van der Waals surface area (Å²) < 4.78 is 0.969. The van der Waals surface area contributed by atoms with Gasteiger partial charge in [0.2, 0.25) is 0 Å². The van der Waals surface area contributed by atoms with Gasteiger partial charge in [0.1, 0.15) is 5.82 Å². The fourth-order valence-corrected chi connectivity index (χ4v) is 2.68. The third kappa shape index (κ3) is 3.16. The number of anilines is 1. The monoisotopic (exact) mass is 334 g/mol. The van der Waals surface area contributed by atoms with Gasteiger partial charge in [-0.2, -0.15) is 0 Å². The molecular weight excluding hydrogens is 316 g/mol. The van der Waals surface area contributed by atoms with Crippen LogP contribution in [0.5, 0.6) is 0 Å². The molecule has 0 amide bonds.